The maximum atomic E-state index is 6.23. The van der Waals surface area contributed by atoms with Crippen LogP contribution in [0.2, 0.25) is 5.02 Å². The number of nitrogens with zero attached hydrogens (tertiary/aromatic N) is 3. The predicted octanol–water partition coefficient (Wildman–Crippen LogP) is 2.90. The summed E-state index contributed by atoms with van der Waals surface area (Å²) in [6, 6.07) is 5.66. The van der Waals surface area contributed by atoms with Gasteiger partial charge in [0.15, 0.2) is 11.6 Å². The van der Waals surface area contributed by atoms with Gasteiger partial charge in [0.1, 0.15) is 12.0 Å². The fraction of sp³-hybridized carbons (Fsp3) is 0.444. The Morgan fingerprint density at radius 3 is 2.81 bits per heavy atom. The molecule has 4 N–H and O–H groups in total. The number of nitrogens with two attached hydrogens (primary N) is 1. The van der Waals surface area contributed by atoms with Crippen LogP contribution in [0.1, 0.15) is 12.0 Å². The Balaban J connectivity index is 1.57. The molecule has 0 aliphatic carbocycles. The smallest absolute Gasteiger partial charge is 0.159 e. The normalized spacial score (nSPS) is 15.0. The van der Waals surface area contributed by atoms with Gasteiger partial charge in [0, 0.05) is 30.3 Å². The molecule has 7 nitrogen and oxygen atoms in total. The molecule has 0 radical (unpaired) electrons. The van der Waals surface area contributed by atoms with Crippen molar-refractivity contribution in [1.29, 1.82) is 0 Å². The van der Waals surface area contributed by atoms with Crippen LogP contribution in [0.15, 0.2) is 24.5 Å². The minimum Gasteiger partial charge on any atom is -0.393 e. The van der Waals surface area contributed by atoms with Crippen LogP contribution >= 0.6 is 11.6 Å². The van der Waals surface area contributed by atoms with E-state index in [1.165, 1.54) is 6.33 Å². The van der Waals surface area contributed by atoms with Crippen molar-refractivity contribution in [2.75, 3.05) is 55.8 Å². The summed E-state index contributed by atoms with van der Waals surface area (Å²) in [5.74, 6) is 1.21. The summed E-state index contributed by atoms with van der Waals surface area (Å²) in [4.78, 5) is 10.9. The van der Waals surface area contributed by atoms with Gasteiger partial charge in [-0.2, -0.15) is 0 Å². The summed E-state index contributed by atoms with van der Waals surface area (Å²) in [7, 11) is 0. The molecule has 0 saturated carbocycles. The van der Waals surface area contributed by atoms with Gasteiger partial charge in [0.2, 0.25) is 0 Å². The fourth-order valence-corrected chi connectivity index (χ4v) is 3.00. The summed E-state index contributed by atoms with van der Waals surface area (Å²) >= 11 is 6.07. The van der Waals surface area contributed by atoms with Gasteiger partial charge in [0.25, 0.3) is 0 Å². The molecule has 8 heteroatoms. The van der Waals surface area contributed by atoms with Crippen molar-refractivity contribution in [3.63, 3.8) is 0 Å². The van der Waals surface area contributed by atoms with Crippen molar-refractivity contribution in [3.8, 4) is 0 Å². The van der Waals surface area contributed by atoms with Crippen LogP contribution in [0.25, 0.3) is 0 Å². The van der Waals surface area contributed by atoms with E-state index in [9.17, 15) is 0 Å². The lowest BCUT2D eigenvalue weighted by Crippen LogP contribution is -2.37. The van der Waals surface area contributed by atoms with Gasteiger partial charge in [-0.25, -0.2) is 9.97 Å². The molecule has 1 fully saturated rings. The van der Waals surface area contributed by atoms with E-state index < -0.39 is 0 Å². The molecule has 0 unspecified atom stereocenters. The highest BCUT2D eigenvalue weighted by Gasteiger charge is 2.11. The number of rotatable bonds is 7. The first-order valence-electron chi connectivity index (χ1n) is 8.81. The van der Waals surface area contributed by atoms with Gasteiger partial charge < -0.3 is 21.1 Å². The molecule has 0 spiro atoms. The molecule has 3 rings (SSSR count). The van der Waals surface area contributed by atoms with Gasteiger partial charge in [-0.15, -0.1) is 0 Å². The Labute approximate surface area is 158 Å². The average Bonchev–Trinajstić information content (AvgIpc) is 2.65. The third kappa shape index (κ3) is 4.97. The second kappa shape index (κ2) is 9.02. The van der Waals surface area contributed by atoms with Crippen LogP contribution in [0, 0.1) is 6.92 Å². The summed E-state index contributed by atoms with van der Waals surface area (Å²) in [5.41, 5.74) is 8.67. The monoisotopic (exact) mass is 376 g/mol. The van der Waals surface area contributed by atoms with Crippen molar-refractivity contribution in [2.45, 2.75) is 13.3 Å². The summed E-state index contributed by atoms with van der Waals surface area (Å²) < 4.78 is 5.36. The second-order valence-corrected chi connectivity index (χ2v) is 6.74. The standard InChI is InChI=1S/C18H25ClN6O/c1-13-3-4-14(19)11-15(13)24-18-16(20)17(22-12-23-18)21-5-2-6-25-7-9-26-10-8-25/h3-4,11-12H,2,5-10,20H2,1H3,(H2,21,22,23,24). The molecule has 0 amide bonds. The highest BCUT2D eigenvalue weighted by atomic mass is 35.5. The van der Waals surface area contributed by atoms with Crippen LogP contribution in [-0.4, -0.2) is 54.3 Å². The third-order valence-corrected chi connectivity index (χ3v) is 4.62. The zero-order valence-corrected chi connectivity index (χ0v) is 15.7. The number of hydrogen-bond acceptors (Lipinski definition) is 7. The van der Waals surface area contributed by atoms with E-state index in [4.69, 9.17) is 22.1 Å². The molecular weight excluding hydrogens is 352 g/mol. The number of hydrogen-bond donors (Lipinski definition) is 3. The molecule has 0 bridgehead atoms. The molecule has 1 aromatic carbocycles. The van der Waals surface area contributed by atoms with Crippen LogP contribution in [0.3, 0.4) is 0 Å². The van der Waals surface area contributed by atoms with Gasteiger partial charge in [-0.1, -0.05) is 17.7 Å². The first-order valence-corrected chi connectivity index (χ1v) is 9.19. The molecule has 140 valence electrons. The lowest BCUT2D eigenvalue weighted by molar-refractivity contribution is 0.0378. The first kappa shape index (κ1) is 18.7. The van der Waals surface area contributed by atoms with Crippen LogP contribution in [0.4, 0.5) is 23.0 Å². The molecule has 2 heterocycles. The van der Waals surface area contributed by atoms with E-state index in [-0.39, 0.29) is 0 Å². The van der Waals surface area contributed by atoms with Crippen LogP contribution in [0.5, 0.6) is 0 Å². The lowest BCUT2D eigenvalue weighted by Gasteiger charge is -2.26. The quantitative estimate of drug-likeness (QED) is 0.640. The minimum atomic E-state index is 0.498. The summed E-state index contributed by atoms with van der Waals surface area (Å²) in [6.07, 6.45) is 2.52. The Hall–Kier alpha value is -2.09. The number of nitrogen functional groups attached to an aromatic ring is 1. The average molecular weight is 377 g/mol. The maximum absolute atomic E-state index is 6.23. The van der Waals surface area contributed by atoms with Crippen molar-refractivity contribution < 1.29 is 4.74 Å². The van der Waals surface area contributed by atoms with Crippen LogP contribution in [-0.2, 0) is 4.74 Å². The number of anilines is 4. The van der Waals surface area contributed by atoms with E-state index in [1.54, 1.807) is 0 Å². The van der Waals surface area contributed by atoms with E-state index in [0.717, 1.165) is 57.1 Å². The second-order valence-electron chi connectivity index (χ2n) is 6.30. The number of nitrogens with one attached hydrogen (secondary N) is 2. The van der Waals surface area contributed by atoms with Gasteiger partial charge in [-0.3, -0.25) is 4.90 Å². The SMILES string of the molecule is Cc1ccc(Cl)cc1Nc1ncnc(NCCCN2CCOCC2)c1N. The van der Waals surface area contributed by atoms with E-state index in [1.807, 2.05) is 25.1 Å². The summed E-state index contributed by atoms with van der Waals surface area (Å²) in [5, 5.41) is 7.21. The largest absolute Gasteiger partial charge is 0.393 e. The fourth-order valence-electron chi connectivity index (χ4n) is 2.83. The number of ether oxygens (including phenoxy) is 1. The zero-order chi connectivity index (χ0) is 18.4. The maximum Gasteiger partial charge on any atom is 0.159 e. The van der Waals surface area contributed by atoms with Crippen molar-refractivity contribution in [3.05, 3.63) is 35.1 Å². The van der Waals surface area contributed by atoms with Gasteiger partial charge in [-0.05, 0) is 37.6 Å². The van der Waals surface area contributed by atoms with E-state index in [2.05, 4.69) is 25.5 Å². The van der Waals surface area contributed by atoms with Gasteiger partial charge in [0.05, 0.1) is 13.2 Å². The number of halogens is 1. The molecule has 1 aliphatic rings. The Bertz CT molecular complexity index is 736. The van der Waals surface area contributed by atoms with Gasteiger partial charge >= 0.3 is 0 Å². The molecule has 1 aliphatic heterocycles. The zero-order valence-electron chi connectivity index (χ0n) is 15.0. The topological polar surface area (TPSA) is 88.3 Å². The number of morpholine rings is 1. The molecule has 0 atom stereocenters. The Morgan fingerprint density at radius 2 is 2.00 bits per heavy atom. The molecule has 2 aromatic rings. The number of benzene rings is 1. The number of aromatic nitrogens is 2. The highest BCUT2D eigenvalue weighted by Crippen LogP contribution is 2.28. The van der Waals surface area contributed by atoms with Crippen molar-refractivity contribution >= 4 is 34.6 Å². The lowest BCUT2D eigenvalue weighted by atomic mass is 10.2. The Morgan fingerprint density at radius 1 is 1.23 bits per heavy atom. The number of aryl methyl sites for hydroxylation is 1. The van der Waals surface area contributed by atoms with Crippen molar-refractivity contribution in [1.82, 2.24) is 14.9 Å². The van der Waals surface area contributed by atoms with E-state index in [0.29, 0.717) is 22.3 Å². The molecule has 26 heavy (non-hydrogen) atoms. The third-order valence-electron chi connectivity index (χ3n) is 4.38. The first-order chi connectivity index (χ1) is 12.6. The Kier molecular flexibility index (Phi) is 6.49. The molecule has 1 aromatic heterocycles. The summed E-state index contributed by atoms with van der Waals surface area (Å²) in [6.45, 7) is 7.49. The predicted molar refractivity (Wildman–Crippen MR) is 106 cm³/mol. The molecule has 1 saturated heterocycles. The highest BCUT2D eigenvalue weighted by molar-refractivity contribution is 6.30. The van der Waals surface area contributed by atoms with Crippen LogP contribution < -0.4 is 16.4 Å². The van der Waals surface area contributed by atoms with Crippen molar-refractivity contribution in [2.24, 2.45) is 0 Å². The van der Waals surface area contributed by atoms with E-state index >= 15 is 0 Å². The molecular formula is C18H25ClN6O. The minimum absolute atomic E-state index is 0.498.